The van der Waals surface area contributed by atoms with Crippen LogP contribution in [0.2, 0.25) is 0 Å². The summed E-state index contributed by atoms with van der Waals surface area (Å²) in [4.78, 5) is 26.8. The van der Waals surface area contributed by atoms with Gasteiger partial charge in [-0.15, -0.1) is 0 Å². The van der Waals surface area contributed by atoms with Crippen molar-refractivity contribution in [3.63, 3.8) is 0 Å². The number of hydrogen-bond acceptors (Lipinski definition) is 10. The minimum Gasteiger partial charge on any atom is -0.454 e. The minimum absolute atomic E-state index is 0.126. The number of hydrogen-bond donors (Lipinski definition) is 6. The second kappa shape index (κ2) is 67.3. The Balaban J connectivity index is 2.53. The fraction of sp³-hybridized carbons (Fsp3) is 0.850. The van der Waals surface area contributed by atoms with E-state index in [0.717, 1.165) is 77.0 Å². The lowest BCUT2D eigenvalue weighted by atomic mass is 9.99. The topological polar surface area (TPSA) is 175 Å². The van der Waals surface area contributed by atoms with Gasteiger partial charge in [0.25, 0.3) is 0 Å². The molecule has 0 aromatic carbocycles. The van der Waals surface area contributed by atoms with E-state index in [1.165, 1.54) is 250 Å². The largest absolute Gasteiger partial charge is 0.454 e. The molecule has 1 aliphatic rings. The number of carbonyl (C=O) groups is 2. The first-order valence-corrected chi connectivity index (χ1v) is 39.1. The van der Waals surface area contributed by atoms with Crippen LogP contribution in [0.4, 0.5) is 0 Å². The standard InChI is InChI=1S/C80H147NO10/c1-4-7-10-13-16-19-22-25-27-29-31-33-35-37-39-41-43-45-47-50-53-56-59-62-65-68-75(85)91-78-77(87)76(86)74(69-82)90-80(78)89-70-71(72(83)66-63-60-57-54-51-48-24-21-18-15-12-9-6-3)81-79(88)73(84)67-64-61-58-55-52-49-46-44-42-40-38-36-34-32-30-28-26-23-20-17-14-11-8-5-2/h17,20,25-28,32,34,63,66,71-74,76-78,80,82-84,86-87H,4-16,18-19,21-24,29-31,33,35-62,64-65,67-70H2,1-3H3,(H,81,88)/b20-17-,27-25+,28-26-,34-32-,66-63+. The predicted octanol–water partition coefficient (Wildman–Crippen LogP) is 20.9. The maximum absolute atomic E-state index is 13.5. The van der Waals surface area contributed by atoms with Crippen LogP contribution in [0.25, 0.3) is 0 Å². The first-order valence-electron chi connectivity index (χ1n) is 39.1. The quantitative estimate of drug-likeness (QED) is 0.0195. The number of allylic oxidation sites excluding steroid dienone is 9. The van der Waals surface area contributed by atoms with Crippen molar-refractivity contribution in [3.05, 3.63) is 60.8 Å². The molecule has 11 heteroatoms. The zero-order valence-corrected chi connectivity index (χ0v) is 59.5. The molecule has 91 heavy (non-hydrogen) atoms. The van der Waals surface area contributed by atoms with Crippen LogP contribution < -0.4 is 5.32 Å². The molecule has 11 nitrogen and oxygen atoms in total. The van der Waals surface area contributed by atoms with Crippen molar-refractivity contribution in [2.45, 2.75) is 423 Å². The van der Waals surface area contributed by atoms with E-state index in [4.69, 9.17) is 14.2 Å². The van der Waals surface area contributed by atoms with Crippen LogP contribution in [-0.4, -0.2) is 99.6 Å². The Kier molecular flexibility index (Phi) is 63.9. The number of unbranched alkanes of at least 4 members (excludes halogenated alkanes) is 46. The fourth-order valence-electron chi connectivity index (χ4n) is 12.2. The molecule has 6 N–H and O–H groups in total. The van der Waals surface area contributed by atoms with Crippen LogP contribution in [0.5, 0.6) is 0 Å². The Hall–Kier alpha value is -2.64. The van der Waals surface area contributed by atoms with Crippen molar-refractivity contribution in [3.8, 4) is 0 Å². The second-order valence-corrected chi connectivity index (χ2v) is 27.1. The summed E-state index contributed by atoms with van der Waals surface area (Å²) in [6, 6.07) is -1.03. The first-order chi connectivity index (χ1) is 44.7. The summed E-state index contributed by atoms with van der Waals surface area (Å²) in [5.74, 6) is -1.18. The monoisotopic (exact) mass is 1280 g/mol. The van der Waals surface area contributed by atoms with Gasteiger partial charge in [-0.2, -0.15) is 0 Å². The van der Waals surface area contributed by atoms with Gasteiger partial charge in [-0.25, -0.2) is 0 Å². The van der Waals surface area contributed by atoms with Crippen molar-refractivity contribution in [1.29, 1.82) is 0 Å². The number of amides is 1. The average molecular weight is 1280 g/mol. The van der Waals surface area contributed by atoms with E-state index >= 15 is 0 Å². The number of ether oxygens (including phenoxy) is 3. The Morgan fingerprint density at radius 3 is 1.16 bits per heavy atom. The van der Waals surface area contributed by atoms with Gasteiger partial charge in [0, 0.05) is 6.42 Å². The molecule has 0 bridgehead atoms. The van der Waals surface area contributed by atoms with Crippen LogP contribution >= 0.6 is 0 Å². The fourth-order valence-corrected chi connectivity index (χ4v) is 12.2. The highest BCUT2D eigenvalue weighted by Crippen LogP contribution is 2.27. The maximum Gasteiger partial charge on any atom is 0.306 e. The highest BCUT2D eigenvalue weighted by molar-refractivity contribution is 5.80. The van der Waals surface area contributed by atoms with Crippen molar-refractivity contribution in [2.24, 2.45) is 0 Å². The maximum atomic E-state index is 13.5. The van der Waals surface area contributed by atoms with Crippen molar-refractivity contribution in [2.75, 3.05) is 13.2 Å². The molecule has 0 radical (unpaired) electrons. The number of aliphatic hydroxyl groups is 5. The van der Waals surface area contributed by atoms with Crippen molar-refractivity contribution < 1.29 is 49.3 Å². The predicted molar refractivity (Wildman–Crippen MR) is 384 cm³/mol. The third kappa shape index (κ3) is 54.2. The second-order valence-electron chi connectivity index (χ2n) is 27.1. The first kappa shape index (κ1) is 86.4. The number of rotatable bonds is 68. The molecule has 8 atom stereocenters. The van der Waals surface area contributed by atoms with Gasteiger partial charge in [0.1, 0.15) is 24.4 Å². The molecule has 1 heterocycles. The van der Waals surface area contributed by atoms with E-state index in [0.29, 0.717) is 12.8 Å². The third-order valence-electron chi connectivity index (χ3n) is 18.4. The molecule has 0 aromatic rings. The molecule has 1 fully saturated rings. The number of carbonyl (C=O) groups excluding carboxylic acids is 2. The van der Waals surface area contributed by atoms with Crippen molar-refractivity contribution in [1.82, 2.24) is 5.32 Å². The van der Waals surface area contributed by atoms with Gasteiger partial charge < -0.3 is 45.1 Å². The summed E-state index contributed by atoms with van der Waals surface area (Å²) < 4.78 is 17.8. The van der Waals surface area contributed by atoms with Crippen LogP contribution in [0.1, 0.15) is 374 Å². The van der Waals surface area contributed by atoms with Gasteiger partial charge in [0.05, 0.1) is 25.4 Å². The van der Waals surface area contributed by atoms with E-state index in [-0.39, 0.29) is 19.4 Å². The van der Waals surface area contributed by atoms with E-state index in [1.54, 1.807) is 6.08 Å². The van der Waals surface area contributed by atoms with Crippen molar-refractivity contribution >= 4 is 11.9 Å². The number of esters is 1. The van der Waals surface area contributed by atoms with E-state index in [9.17, 15) is 35.1 Å². The van der Waals surface area contributed by atoms with E-state index in [1.807, 2.05) is 6.08 Å². The zero-order valence-electron chi connectivity index (χ0n) is 59.5. The van der Waals surface area contributed by atoms with E-state index in [2.05, 4.69) is 74.7 Å². The molecule has 1 saturated heterocycles. The van der Waals surface area contributed by atoms with Crippen LogP contribution in [0.3, 0.4) is 0 Å². The summed E-state index contributed by atoms with van der Waals surface area (Å²) in [5.41, 5.74) is 0. The van der Waals surface area contributed by atoms with Gasteiger partial charge in [-0.3, -0.25) is 9.59 Å². The Bertz CT molecular complexity index is 1720. The smallest absolute Gasteiger partial charge is 0.306 e. The average Bonchev–Trinajstić information content (AvgIpc) is 1.00. The molecule has 0 aliphatic carbocycles. The zero-order chi connectivity index (χ0) is 66.0. The highest BCUT2D eigenvalue weighted by Gasteiger charge is 2.47. The summed E-state index contributed by atoms with van der Waals surface area (Å²) in [7, 11) is 0. The molecule has 0 saturated carbocycles. The van der Waals surface area contributed by atoms with Gasteiger partial charge in [0.2, 0.25) is 5.91 Å². The Morgan fingerprint density at radius 1 is 0.429 bits per heavy atom. The Morgan fingerprint density at radius 2 is 0.758 bits per heavy atom. The molecule has 0 spiro atoms. The van der Waals surface area contributed by atoms with Crippen LogP contribution in [-0.2, 0) is 23.8 Å². The normalized spacial score (nSPS) is 18.3. The van der Waals surface area contributed by atoms with Crippen LogP contribution in [0.15, 0.2) is 60.8 Å². The van der Waals surface area contributed by atoms with Gasteiger partial charge in [-0.05, 0) is 89.9 Å². The van der Waals surface area contributed by atoms with E-state index < -0.39 is 67.4 Å². The van der Waals surface area contributed by atoms with Gasteiger partial charge >= 0.3 is 5.97 Å². The van der Waals surface area contributed by atoms with Crippen LogP contribution in [0, 0.1) is 0 Å². The molecule has 1 rings (SSSR count). The molecule has 1 aliphatic heterocycles. The highest BCUT2D eigenvalue weighted by atomic mass is 16.7. The van der Waals surface area contributed by atoms with Gasteiger partial charge in [0.15, 0.2) is 12.4 Å². The summed E-state index contributed by atoms with van der Waals surface area (Å²) >= 11 is 0. The number of nitrogens with one attached hydrogen (secondary N) is 1. The third-order valence-corrected chi connectivity index (χ3v) is 18.4. The lowest BCUT2D eigenvalue weighted by molar-refractivity contribution is -0.305. The summed E-state index contributed by atoms with van der Waals surface area (Å²) in [6.45, 7) is 5.82. The molecular weight excluding hydrogens is 1130 g/mol. The molecule has 0 aromatic heterocycles. The molecule has 1 amide bonds. The Labute approximate surface area is 560 Å². The molecule has 532 valence electrons. The summed E-state index contributed by atoms with van der Waals surface area (Å²) in [6.07, 6.45) is 76.9. The lowest BCUT2D eigenvalue weighted by Crippen LogP contribution is -2.61. The summed E-state index contributed by atoms with van der Waals surface area (Å²) in [5, 5.41) is 57.4. The number of aliphatic hydroxyl groups excluding tert-OH is 5. The minimum atomic E-state index is -1.61. The van der Waals surface area contributed by atoms with Gasteiger partial charge in [-0.1, -0.05) is 338 Å². The molecule has 8 unspecified atom stereocenters. The molecular formula is C80H147NO10. The lowest BCUT2D eigenvalue weighted by Gasteiger charge is -2.41. The SMILES string of the molecule is CCCCC/C=C\C/C=C\C/C=C\CCCCCCCCCCCCCC(O)C(=O)NC(COC1OC(CO)C(O)C(O)C1OC(=O)CCCCCCCCCCCCCCCCC/C=C/CCCCCCCC)C(O)/C=C/CCCCCCCCCCCCC.